The van der Waals surface area contributed by atoms with E-state index in [2.05, 4.69) is 261 Å². The summed E-state index contributed by atoms with van der Waals surface area (Å²) in [5.41, 5.74) is 0. The topological polar surface area (TPSA) is 0 Å². The molecular weight excluding hydrogens is 1160 g/mol. The molecule has 56 heavy (non-hydrogen) atoms. The van der Waals surface area contributed by atoms with Crippen LogP contribution in [0.25, 0.3) is 0 Å². The van der Waals surface area contributed by atoms with E-state index in [1.807, 2.05) is 0 Å². The second kappa shape index (κ2) is 32.4. The fourth-order valence-electron chi connectivity index (χ4n) is 5.00. The normalized spacial score (nSPS) is 9.39. The first kappa shape index (κ1) is 47.8. The van der Waals surface area contributed by atoms with Crippen molar-refractivity contribution in [2.75, 3.05) is 0 Å². The molecule has 0 aromatic heterocycles. The van der Waals surface area contributed by atoms with Crippen molar-refractivity contribution < 1.29 is 37.5 Å². The molecule has 0 N–H and O–H groups in total. The zero-order chi connectivity index (χ0) is 39.7. The van der Waals surface area contributed by atoms with Gasteiger partial charge in [-0.15, -0.1) is 0 Å². The van der Waals surface area contributed by atoms with E-state index in [0.717, 1.165) is 17.2 Å². The maximum absolute atomic E-state index is 4.61. The molecular formula is C48H46Cl2P4Pt2+2. The van der Waals surface area contributed by atoms with E-state index in [1.54, 1.807) is 37.5 Å². The van der Waals surface area contributed by atoms with Gasteiger partial charge in [0.15, 0.2) is 0 Å². The van der Waals surface area contributed by atoms with Crippen LogP contribution in [-0.4, -0.2) is 0 Å². The average Bonchev–Trinajstić information content (AvgIpc) is 3.29. The van der Waals surface area contributed by atoms with Crippen LogP contribution in [0.1, 0.15) is 0 Å². The Balaban J connectivity index is 0.000000194. The summed E-state index contributed by atoms with van der Waals surface area (Å²) in [5.74, 6) is 0. The molecule has 0 saturated heterocycles. The summed E-state index contributed by atoms with van der Waals surface area (Å²) in [6.45, 7) is 0. The first-order chi connectivity index (χ1) is 27.8. The van der Waals surface area contributed by atoms with E-state index in [4.69, 9.17) is 0 Å². The van der Waals surface area contributed by atoms with Crippen LogP contribution in [-0.2, 0) is 37.5 Å². The van der Waals surface area contributed by atoms with E-state index < -0.39 is 0 Å². The van der Waals surface area contributed by atoms with Crippen LogP contribution in [0.4, 0.5) is 0 Å². The maximum atomic E-state index is 4.61. The summed E-state index contributed by atoms with van der Waals surface area (Å²) in [4.78, 5) is 0. The monoisotopic (exact) mass is 1210 g/mol. The molecule has 0 saturated carbocycles. The second-order valence-corrected chi connectivity index (χ2v) is 17.7. The van der Waals surface area contributed by atoms with Crippen LogP contribution >= 0.6 is 53.2 Å². The van der Waals surface area contributed by atoms with Crippen molar-refractivity contribution in [3.05, 3.63) is 243 Å². The summed E-state index contributed by atoms with van der Waals surface area (Å²) in [7, 11) is 11.3. The van der Waals surface area contributed by atoms with E-state index >= 15 is 0 Å². The fraction of sp³-hybridized carbons (Fsp3) is 0. The third-order valence-electron chi connectivity index (χ3n) is 7.54. The van der Waals surface area contributed by atoms with Crippen molar-refractivity contribution >= 4 is 95.6 Å². The Morgan fingerprint density at radius 1 is 0.232 bits per heavy atom. The van der Waals surface area contributed by atoms with Gasteiger partial charge in [-0.2, -0.15) is 0 Å². The van der Waals surface area contributed by atoms with Gasteiger partial charge in [0.2, 0.25) is 0 Å². The number of halogens is 2. The summed E-state index contributed by atoms with van der Waals surface area (Å²) in [6, 6.07) is 85.0. The Morgan fingerprint density at radius 2 is 0.375 bits per heavy atom. The number of benzene rings is 8. The van der Waals surface area contributed by atoms with Crippen LogP contribution in [0.15, 0.2) is 243 Å². The van der Waals surface area contributed by atoms with E-state index in [1.165, 1.54) is 42.4 Å². The van der Waals surface area contributed by atoms with Gasteiger partial charge in [-0.3, -0.25) is 0 Å². The molecule has 8 aromatic carbocycles. The first-order valence-corrected chi connectivity index (χ1v) is 27.6. The molecule has 0 fully saturated rings. The Hall–Kier alpha value is -2.56. The minimum absolute atomic E-state index is 0.271. The van der Waals surface area contributed by atoms with Gasteiger partial charge in [-0.1, -0.05) is 211 Å². The minimum atomic E-state index is 0.271. The summed E-state index contributed by atoms with van der Waals surface area (Å²) in [5, 5.41) is 11.4. The van der Waals surface area contributed by atoms with Crippen molar-refractivity contribution in [1.29, 1.82) is 0 Å². The van der Waals surface area contributed by atoms with Gasteiger partial charge in [-0.25, -0.2) is 0 Å². The Morgan fingerprint density at radius 3 is 0.536 bits per heavy atom. The van der Waals surface area contributed by atoms with Crippen molar-refractivity contribution in [1.82, 2.24) is 0 Å². The molecule has 0 radical (unpaired) electrons. The fourth-order valence-corrected chi connectivity index (χ4v) is 9.53. The minimum Gasteiger partial charge on any atom is -0.0622 e. The molecule has 0 aliphatic heterocycles. The van der Waals surface area contributed by atoms with E-state index in [-0.39, 0.29) is 17.2 Å². The molecule has 8 aromatic rings. The largest absolute Gasteiger partial charge is 0.0942 e. The van der Waals surface area contributed by atoms with Crippen molar-refractivity contribution in [3.8, 4) is 0 Å². The van der Waals surface area contributed by atoms with Crippen molar-refractivity contribution in [2.45, 2.75) is 0 Å². The zero-order valence-electron chi connectivity index (χ0n) is 30.6. The summed E-state index contributed by atoms with van der Waals surface area (Å²) < 4.78 is 0. The van der Waals surface area contributed by atoms with Crippen LogP contribution in [0.5, 0.6) is 0 Å². The second-order valence-electron chi connectivity index (χ2n) is 11.6. The summed E-state index contributed by atoms with van der Waals surface area (Å²) in [6.07, 6.45) is 0. The maximum Gasteiger partial charge on any atom is 0.0942 e. The third-order valence-corrected chi connectivity index (χ3v) is 12.9. The van der Waals surface area contributed by atoms with Gasteiger partial charge in [0.05, 0.1) is 38.4 Å². The Kier molecular flexibility index (Phi) is 27.7. The number of hydrogen-bond donors (Lipinski definition) is 0. The van der Waals surface area contributed by atoms with Gasteiger partial charge in [-0.05, 0) is 69.7 Å². The SMILES string of the molecule is [Cl][Pt].[Cl][Pt].c1ccc(Pc2ccccc2)cc1.c1ccc(Pc2ccccc2)cc1.c1ccc([PH2+]c2ccccc2)cc1.c1ccc([PH2+]c2ccccc2)cc1. The molecule has 0 heterocycles. The van der Waals surface area contributed by atoms with Crippen molar-refractivity contribution in [2.24, 2.45) is 0 Å². The Bertz CT molecular complexity index is 1600. The Labute approximate surface area is 372 Å². The molecule has 0 unspecified atom stereocenters. The zero-order valence-corrected chi connectivity index (χ0v) is 41.0. The van der Waals surface area contributed by atoms with Crippen LogP contribution in [0, 0.1) is 0 Å². The van der Waals surface area contributed by atoms with Gasteiger partial charge in [0.25, 0.3) is 0 Å². The van der Waals surface area contributed by atoms with E-state index in [9.17, 15) is 0 Å². The van der Waals surface area contributed by atoms with Crippen molar-refractivity contribution in [3.63, 3.8) is 0 Å². The quantitative estimate of drug-likeness (QED) is 0.133. The standard InChI is InChI=1S/4C12H11P.2ClH.2Pt/c4*1-3-7-11(8-4-1)13-12-9-5-2-6-10-12;;;;/h4*1-10,13H;2*1H;;/q;;;;;;2*+1. The summed E-state index contributed by atoms with van der Waals surface area (Å²) >= 11 is 3.22. The first-order valence-electron chi connectivity index (χ1n) is 17.7. The molecule has 0 nitrogen and oxygen atoms in total. The molecule has 0 atom stereocenters. The molecule has 0 bridgehead atoms. The predicted octanol–water partition coefficient (Wildman–Crippen LogP) is 10.1. The average molecular weight is 1210 g/mol. The van der Waals surface area contributed by atoms with Crippen LogP contribution < -0.4 is 42.4 Å². The molecule has 290 valence electrons. The molecule has 8 rings (SSSR count). The molecule has 0 amide bonds. The number of rotatable bonds is 8. The molecule has 0 aliphatic rings. The molecule has 8 heteroatoms. The molecule has 0 spiro atoms. The third kappa shape index (κ3) is 21.8. The van der Waals surface area contributed by atoms with Gasteiger partial charge < -0.3 is 0 Å². The van der Waals surface area contributed by atoms with Gasteiger partial charge in [0.1, 0.15) is 0 Å². The predicted molar refractivity (Wildman–Crippen MR) is 256 cm³/mol. The van der Waals surface area contributed by atoms with Gasteiger partial charge >= 0.3 is 56.4 Å². The van der Waals surface area contributed by atoms with Gasteiger partial charge in [0, 0.05) is 0 Å². The molecule has 0 aliphatic carbocycles. The van der Waals surface area contributed by atoms with Crippen LogP contribution in [0.3, 0.4) is 0 Å². The van der Waals surface area contributed by atoms with E-state index in [0.29, 0.717) is 0 Å². The number of hydrogen-bond acceptors (Lipinski definition) is 0. The smallest absolute Gasteiger partial charge is 0.0622 e. The van der Waals surface area contributed by atoms with Crippen LogP contribution in [0.2, 0.25) is 0 Å².